The Hall–Kier alpha value is -2.75. The molecule has 0 radical (unpaired) electrons. The van der Waals surface area contributed by atoms with Gasteiger partial charge in [0.2, 0.25) is 5.91 Å². The maximum absolute atomic E-state index is 12.8. The predicted octanol–water partition coefficient (Wildman–Crippen LogP) is 4.86. The maximum atomic E-state index is 12.8. The lowest BCUT2D eigenvalue weighted by Gasteiger charge is -2.25. The molecule has 4 heteroatoms. The summed E-state index contributed by atoms with van der Waals surface area (Å²) in [4.78, 5) is 18.2. The molecule has 4 nitrogen and oxygen atoms in total. The molecule has 1 saturated heterocycles. The third kappa shape index (κ3) is 3.70. The van der Waals surface area contributed by atoms with E-state index < -0.39 is 0 Å². The van der Waals surface area contributed by atoms with Crippen LogP contribution in [0.15, 0.2) is 54.7 Å². The van der Waals surface area contributed by atoms with Crippen molar-refractivity contribution in [2.24, 2.45) is 0 Å². The van der Waals surface area contributed by atoms with Crippen LogP contribution in [0.4, 0.5) is 0 Å². The minimum atomic E-state index is 0.205. The highest BCUT2D eigenvalue weighted by molar-refractivity contribution is 5.83. The first-order valence-electron chi connectivity index (χ1n) is 9.74. The number of hydrogen-bond donors (Lipinski definition) is 1. The minimum absolute atomic E-state index is 0.205. The van der Waals surface area contributed by atoms with Crippen molar-refractivity contribution in [1.82, 2.24) is 9.88 Å². The molecule has 0 aliphatic carbocycles. The average Bonchev–Trinajstić information content (AvgIpc) is 3.36. The molecule has 0 saturated carbocycles. The van der Waals surface area contributed by atoms with E-state index in [1.807, 2.05) is 18.2 Å². The van der Waals surface area contributed by atoms with Crippen LogP contribution in [0, 0.1) is 0 Å². The number of carbonyl (C=O) groups excluding carboxylic acids is 1. The third-order valence-electron chi connectivity index (χ3n) is 5.59. The second kappa shape index (κ2) is 7.87. The van der Waals surface area contributed by atoms with E-state index in [2.05, 4.69) is 46.4 Å². The smallest absolute Gasteiger partial charge is 0.223 e. The number of fused-ring (bicyclic) bond motifs is 1. The van der Waals surface area contributed by atoms with Gasteiger partial charge in [0, 0.05) is 30.1 Å². The summed E-state index contributed by atoms with van der Waals surface area (Å²) in [6.07, 6.45) is 6.60. The molecule has 140 valence electrons. The molecule has 2 aromatic carbocycles. The first kappa shape index (κ1) is 17.7. The van der Waals surface area contributed by atoms with Gasteiger partial charge in [0.25, 0.3) is 0 Å². The van der Waals surface area contributed by atoms with Crippen LogP contribution in [0.3, 0.4) is 0 Å². The maximum Gasteiger partial charge on any atom is 0.223 e. The fourth-order valence-corrected chi connectivity index (χ4v) is 4.15. The molecule has 3 aromatic rings. The van der Waals surface area contributed by atoms with Crippen molar-refractivity contribution in [2.45, 2.75) is 38.1 Å². The van der Waals surface area contributed by atoms with E-state index in [0.717, 1.165) is 43.5 Å². The van der Waals surface area contributed by atoms with Gasteiger partial charge >= 0.3 is 0 Å². The van der Waals surface area contributed by atoms with Crippen molar-refractivity contribution in [3.05, 3.63) is 65.9 Å². The summed E-state index contributed by atoms with van der Waals surface area (Å²) in [5, 5.41) is 1.27. The summed E-state index contributed by atoms with van der Waals surface area (Å²) in [5.74, 6) is 1.13. The number of H-pyrrole nitrogens is 1. The lowest BCUT2D eigenvalue weighted by atomic mass is 10.0. The first-order valence-corrected chi connectivity index (χ1v) is 9.74. The number of nitrogens with zero attached hydrogens (tertiary/aromatic N) is 1. The van der Waals surface area contributed by atoms with E-state index in [9.17, 15) is 4.79 Å². The topological polar surface area (TPSA) is 45.3 Å². The van der Waals surface area contributed by atoms with Crippen LogP contribution in [0.25, 0.3) is 10.9 Å². The molecular weight excluding hydrogens is 336 g/mol. The van der Waals surface area contributed by atoms with Gasteiger partial charge < -0.3 is 14.6 Å². The van der Waals surface area contributed by atoms with Crippen LogP contribution >= 0.6 is 0 Å². The first-order chi connectivity index (χ1) is 13.3. The van der Waals surface area contributed by atoms with Gasteiger partial charge in [-0.05, 0) is 55.0 Å². The Morgan fingerprint density at radius 3 is 2.81 bits per heavy atom. The van der Waals surface area contributed by atoms with Gasteiger partial charge in [0.15, 0.2) is 0 Å². The van der Waals surface area contributed by atoms with Gasteiger partial charge in [-0.1, -0.05) is 30.3 Å². The lowest BCUT2D eigenvalue weighted by Crippen LogP contribution is -2.30. The minimum Gasteiger partial charge on any atom is -0.497 e. The van der Waals surface area contributed by atoms with Gasteiger partial charge in [0.1, 0.15) is 5.75 Å². The number of rotatable bonds is 6. The Balaban J connectivity index is 1.37. The quantitative estimate of drug-likeness (QED) is 0.680. The van der Waals surface area contributed by atoms with Crippen molar-refractivity contribution in [2.75, 3.05) is 13.7 Å². The molecule has 1 unspecified atom stereocenters. The highest BCUT2D eigenvalue weighted by atomic mass is 16.5. The standard InChI is InChI=1S/C23H26N2O2/c1-27-19-13-11-17(12-14-19)22-9-5-15-25(22)23(26)10-4-6-18-16-24-21-8-3-2-7-20(18)21/h2-3,7-8,11-14,16,22,24H,4-6,9-10,15H2,1H3. The Kier molecular flexibility index (Phi) is 5.14. The second-order valence-electron chi connectivity index (χ2n) is 7.23. The zero-order valence-corrected chi connectivity index (χ0v) is 15.8. The molecule has 0 spiro atoms. The van der Waals surface area contributed by atoms with Crippen LogP contribution in [0.2, 0.25) is 0 Å². The van der Waals surface area contributed by atoms with Gasteiger partial charge in [-0.25, -0.2) is 0 Å². The number of carbonyl (C=O) groups is 1. The van der Waals surface area contributed by atoms with Crippen molar-refractivity contribution in [1.29, 1.82) is 0 Å². The number of aryl methyl sites for hydroxylation is 1. The number of para-hydroxylation sites is 1. The molecule has 1 amide bonds. The van der Waals surface area contributed by atoms with Gasteiger partial charge in [0.05, 0.1) is 13.2 Å². The Labute approximate surface area is 160 Å². The number of benzene rings is 2. The fourth-order valence-electron chi connectivity index (χ4n) is 4.15. The molecule has 0 bridgehead atoms. The van der Waals surface area contributed by atoms with Crippen molar-refractivity contribution in [3.8, 4) is 5.75 Å². The number of ether oxygens (including phenoxy) is 1. The molecule has 2 heterocycles. The van der Waals surface area contributed by atoms with Crippen LogP contribution < -0.4 is 4.74 Å². The molecule has 1 fully saturated rings. The zero-order chi connectivity index (χ0) is 18.6. The zero-order valence-electron chi connectivity index (χ0n) is 15.8. The highest BCUT2D eigenvalue weighted by Gasteiger charge is 2.29. The number of amides is 1. The number of aromatic amines is 1. The van der Waals surface area contributed by atoms with Crippen molar-refractivity contribution < 1.29 is 9.53 Å². The number of likely N-dealkylation sites (tertiary alicyclic amines) is 1. The lowest BCUT2D eigenvalue weighted by molar-refractivity contribution is -0.132. The summed E-state index contributed by atoms with van der Waals surface area (Å²) in [5.41, 5.74) is 3.67. The fraction of sp³-hybridized carbons (Fsp3) is 0.348. The van der Waals surface area contributed by atoms with Gasteiger partial charge in [-0.2, -0.15) is 0 Å². The number of methoxy groups -OCH3 is 1. The summed E-state index contributed by atoms with van der Waals surface area (Å²) >= 11 is 0. The molecular formula is C23H26N2O2. The Morgan fingerprint density at radius 1 is 1.19 bits per heavy atom. The number of hydrogen-bond acceptors (Lipinski definition) is 2. The molecule has 1 atom stereocenters. The largest absolute Gasteiger partial charge is 0.497 e. The third-order valence-corrected chi connectivity index (χ3v) is 5.59. The molecule has 1 aliphatic rings. The summed E-state index contributed by atoms with van der Waals surface area (Å²) in [6, 6.07) is 16.7. The summed E-state index contributed by atoms with van der Waals surface area (Å²) in [7, 11) is 1.67. The molecule has 1 aromatic heterocycles. The van der Waals surface area contributed by atoms with Crippen LogP contribution in [0.1, 0.15) is 42.9 Å². The average molecular weight is 362 g/mol. The Bertz CT molecular complexity index is 914. The second-order valence-corrected chi connectivity index (χ2v) is 7.23. The SMILES string of the molecule is COc1ccc(C2CCCN2C(=O)CCCc2c[nH]c3ccccc23)cc1. The predicted molar refractivity (Wildman–Crippen MR) is 108 cm³/mol. The number of nitrogens with one attached hydrogen (secondary N) is 1. The molecule has 1 N–H and O–H groups in total. The number of aromatic nitrogens is 1. The van der Waals surface area contributed by atoms with Gasteiger partial charge in [-0.3, -0.25) is 4.79 Å². The van der Waals surface area contributed by atoms with Crippen LogP contribution in [0.5, 0.6) is 5.75 Å². The van der Waals surface area contributed by atoms with Crippen LogP contribution in [-0.4, -0.2) is 29.4 Å². The van der Waals surface area contributed by atoms with Crippen molar-refractivity contribution in [3.63, 3.8) is 0 Å². The summed E-state index contributed by atoms with van der Waals surface area (Å²) < 4.78 is 5.24. The van der Waals surface area contributed by atoms with Gasteiger partial charge in [-0.15, -0.1) is 0 Å². The molecule has 27 heavy (non-hydrogen) atoms. The van der Waals surface area contributed by atoms with Crippen LogP contribution in [-0.2, 0) is 11.2 Å². The van der Waals surface area contributed by atoms with E-state index in [-0.39, 0.29) is 11.9 Å². The van der Waals surface area contributed by atoms with E-state index in [1.54, 1.807) is 7.11 Å². The monoisotopic (exact) mass is 362 g/mol. The highest BCUT2D eigenvalue weighted by Crippen LogP contribution is 2.33. The molecule has 1 aliphatic heterocycles. The van der Waals surface area contributed by atoms with E-state index in [1.165, 1.54) is 16.5 Å². The van der Waals surface area contributed by atoms with Crippen molar-refractivity contribution >= 4 is 16.8 Å². The summed E-state index contributed by atoms with van der Waals surface area (Å²) in [6.45, 7) is 0.864. The van der Waals surface area contributed by atoms with E-state index >= 15 is 0 Å². The van der Waals surface area contributed by atoms with E-state index in [4.69, 9.17) is 4.74 Å². The normalized spacial score (nSPS) is 16.8. The molecule has 4 rings (SSSR count). The van der Waals surface area contributed by atoms with E-state index in [0.29, 0.717) is 6.42 Å². The Morgan fingerprint density at radius 2 is 2.00 bits per heavy atom.